The van der Waals surface area contributed by atoms with Crippen molar-refractivity contribution in [2.45, 2.75) is 31.9 Å². The van der Waals surface area contributed by atoms with Gasteiger partial charge in [-0.05, 0) is 30.7 Å². The van der Waals surface area contributed by atoms with E-state index < -0.39 is 24.2 Å². The van der Waals surface area contributed by atoms with Crippen molar-refractivity contribution in [3.8, 4) is 11.5 Å². The average Bonchev–Trinajstić information content (AvgIpc) is 3.27. The highest BCUT2D eigenvalue weighted by molar-refractivity contribution is 7.09. The van der Waals surface area contributed by atoms with Crippen LogP contribution in [0.2, 0.25) is 0 Å². The van der Waals surface area contributed by atoms with Crippen LogP contribution in [0.1, 0.15) is 28.3 Å². The summed E-state index contributed by atoms with van der Waals surface area (Å²) < 4.78 is 58.5. The Labute approximate surface area is 196 Å². The second-order valence-corrected chi connectivity index (χ2v) is 8.05. The van der Waals surface area contributed by atoms with Crippen LogP contribution in [0.4, 0.5) is 17.6 Å². The predicted molar refractivity (Wildman–Crippen MR) is 116 cm³/mol. The number of amides is 2. The first-order valence-corrected chi connectivity index (χ1v) is 11.0. The molecule has 34 heavy (non-hydrogen) atoms. The van der Waals surface area contributed by atoms with Gasteiger partial charge in [-0.1, -0.05) is 23.8 Å². The van der Waals surface area contributed by atoms with E-state index in [0.29, 0.717) is 24.4 Å². The van der Waals surface area contributed by atoms with Gasteiger partial charge in [0.2, 0.25) is 0 Å². The lowest BCUT2D eigenvalue weighted by Crippen LogP contribution is -2.28. The van der Waals surface area contributed by atoms with Gasteiger partial charge in [0, 0.05) is 18.3 Å². The van der Waals surface area contributed by atoms with E-state index in [9.17, 15) is 27.2 Å². The van der Waals surface area contributed by atoms with Crippen LogP contribution in [0.5, 0.6) is 11.5 Å². The number of benzene rings is 1. The van der Waals surface area contributed by atoms with Crippen LogP contribution in [0.25, 0.3) is 0 Å². The van der Waals surface area contributed by atoms with Gasteiger partial charge in [0.15, 0.2) is 6.61 Å². The molecule has 2 N–H and O–H groups in total. The molecule has 3 rings (SSSR count). The maximum absolute atomic E-state index is 13.0. The van der Waals surface area contributed by atoms with Gasteiger partial charge < -0.3 is 20.1 Å². The van der Waals surface area contributed by atoms with Crippen molar-refractivity contribution in [3.05, 3.63) is 64.1 Å². The number of hydrogen-bond acceptors (Lipinski definition) is 6. The van der Waals surface area contributed by atoms with Crippen molar-refractivity contribution in [1.82, 2.24) is 15.6 Å². The highest BCUT2D eigenvalue weighted by Crippen LogP contribution is 2.24. The van der Waals surface area contributed by atoms with E-state index in [1.165, 1.54) is 29.5 Å². The fraction of sp³-hybridized carbons (Fsp3) is 0.318. The molecule has 1 aliphatic carbocycles. The molecule has 0 unspecified atom stereocenters. The van der Waals surface area contributed by atoms with Crippen molar-refractivity contribution in [2.24, 2.45) is 0 Å². The number of rotatable bonds is 10. The molecule has 0 spiro atoms. The van der Waals surface area contributed by atoms with Crippen LogP contribution in [0.3, 0.4) is 0 Å². The third-order valence-electron chi connectivity index (χ3n) is 4.47. The van der Waals surface area contributed by atoms with Crippen molar-refractivity contribution in [1.29, 1.82) is 0 Å². The fourth-order valence-corrected chi connectivity index (χ4v) is 3.56. The van der Waals surface area contributed by atoms with E-state index in [1.54, 1.807) is 11.5 Å². The number of aromatic nitrogens is 1. The van der Waals surface area contributed by atoms with Crippen molar-refractivity contribution < 1.29 is 36.6 Å². The quantitative estimate of drug-likeness (QED) is 0.481. The second-order valence-electron chi connectivity index (χ2n) is 7.11. The second kappa shape index (κ2) is 11.6. The van der Waals surface area contributed by atoms with Crippen LogP contribution in [0, 0.1) is 0 Å². The summed E-state index contributed by atoms with van der Waals surface area (Å²) in [7, 11) is 0. The first-order chi connectivity index (χ1) is 16.2. The van der Waals surface area contributed by atoms with E-state index in [2.05, 4.69) is 20.4 Å². The number of hydrogen-bond donors (Lipinski definition) is 2. The molecule has 182 valence electrons. The van der Waals surface area contributed by atoms with Crippen LogP contribution in [-0.2, 0) is 11.3 Å². The standard InChI is InChI=1S/C22H21F4N3O4S/c23-15-3-1-14(2-4-15)9-10-27-21(31)18-13-34-20(29-18)11-28-19(30)12-32-16-5-7-17(8-6-16)33-22(24,25)26/h1-3,5-8,13,15H,4,9-12H2,(H,27,31)(H,28,30)/t15-/m1/s1. The Morgan fingerprint density at radius 1 is 1.15 bits per heavy atom. The zero-order valence-electron chi connectivity index (χ0n) is 17.7. The smallest absolute Gasteiger partial charge is 0.484 e. The Morgan fingerprint density at radius 3 is 2.56 bits per heavy atom. The average molecular weight is 499 g/mol. The molecule has 2 amide bonds. The minimum Gasteiger partial charge on any atom is -0.484 e. The lowest BCUT2D eigenvalue weighted by molar-refractivity contribution is -0.274. The maximum Gasteiger partial charge on any atom is 0.573 e. The van der Waals surface area contributed by atoms with Gasteiger partial charge in [-0.15, -0.1) is 24.5 Å². The number of nitrogens with zero attached hydrogens (tertiary/aromatic N) is 1. The molecule has 0 radical (unpaired) electrons. The zero-order valence-corrected chi connectivity index (χ0v) is 18.5. The van der Waals surface area contributed by atoms with Gasteiger partial charge in [-0.3, -0.25) is 9.59 Å². The monoisotopic (exact) mass is 499 g/mol. The summed E-state index contributed by atoms with van der Waals surface area (Å²) in [5.74, 6) is -1.02. The van der Waals surface area contributed by atoms with E-state index >= 15 is 0 Å². The lowest BCUT2D eigenvalue weighted by atomic mass is 10.0. The SMILES string of the molecule is O=C(COc1ccc(OC(F)(F)F)cc1)NCc1nc(C(=O)NCCC2=CC[C@H](F)C=C2)cs1. The number of alkyl halides is 4. The van der Waals surface area contributed by atoms with Gasteiger partial charge in [0.1, 0.15) is 28.4 Å². The molecule has 0 aliphatic heterocycles. The largest absolute Gasteiger partial charge is 0.573 e. The summed E-state index contributed by atoms with van der Waals surface area (Å²) >= 11 is 1.20. The predicted octanol–water partition coefficient (Wildman–Crippen LogP) is 4.08. The highest BCUT2D eigenvalue weighted by atomic mass is 32.1. The summed E-state index contributed by atoms with van der Waals surface area (Å²) in [6.07, 6.45) is 0.200. The molecule has 1 atom stereocenters. The van der Waals surface area contributed by atoms with Crippen LogP contribution >= 0.6 is 11.3 Å². The minimum atomic E-state index is -4.79. The summed E-state index contributed by atoms with van der Waals surface area (Å²) in [5, 5.41) is 7.42. The third-order valence-corrected chi connectivity index (χ3v) is 5.32. The zero-order chi connectivity index (χ0) is 24.6. The minimum absolute atomic E-state index is 0.0839. The fourth-order valence-electron chi connectivity index (χ4n) is 2.84. The van der Waals surface area contributed by atoms with Gasteiger partial charge in [-0.25, -0.2) is 9.37 Å². The number of halogens is 4. The first kappa shape index (κ1) is 25.2. The molecule has 0 fully saturated rings. The van der Waals surface area contributed by atoms with Crippen molar-refractivity contribution in [2.75, 3.05) is 13.2 Å². The van der Waals surface area contributed by atoms with Gasteiger partial charge in [0.05, 0.1) is 6.54 Å². The molecule has 0 saturated carbocycles. The molecule has 1 aromatic heterocycles. The van der Waals surface area contributed by atoms with Gasteiger partial charge in [-0.2, -0.15) is 0 Å². The summed E-state index contributed by atoms with van der Waals surface area (Å²) in [6.45, 7) is 0.114. The number of thiazole rings is 1. The molecule has 1 heterocycles. The van der Waals surface area contributed by atoms with E-state index in [4.69, 9.17) is 4.74 Å². The molecule has 0 bridgehead atoms. The molecule has 1 aliphatic rings. The first-order valence-electron chi connectivity index (χ1n) is 10.2. The van der Waals surface area contributed by atoms with E-state index in [-0.39, 0.29) is 30.5 Å². The number of carbonyl (C=O) groups is 2. The Hall–Kier alpha value is -3.41. The molecule has 7 nitrogen and oxygen atoms in total. The Morgan fingerprint density at radius 2 is 1.88 bits per heavy atom. The normalized spacial score (nSPS) is 15.4. The molecular weight excluding hydrogens is 478 g/mol. The van der Waals surface area contributed by atoms with Crippen LogP contribution < -0.4 is 20.1 Å². The molecular formula is C22H21F4N3O4S. The number of carbonyl (C=O) groups excluding carboxylic acids is 2. The molecule has 2 aromatic rings. The number of allylic oxidation sites excluding steroid dienone is 3. The van der Waals surface area contributed by atoms with Gasteiger partial charge in [0.25, 0.3) is 11.8 Å². The topological polar surface area (TPSA) is 89.6 Å². The Balaban J connectivity index is 1.35. The summed E-state index contributed by atoms with van der Waals surface area (Å²) in [4.78, 5) is 28.3. The van der Waals surface area contributed by atoms with Crippen molar-refractivity contribution >= 4 is 23.2 Å². The molecule has 1 aromatic carbocycles. The third kappa shape index (κ3) is 8.50. The highest BCUT2D eigenvalue weighted by Gasteiger charge is 2.31. The van der Waals surface area contributed by atoms with E-state index in [1.807, 2.05) is 6.08 Å². The number of nitrogens with one attached hydrogen (secondary N) is 2. The van der Waals surface area contributed by atoms with Gasteiger partial charge >= 0.3 is 6.36 Å². The van der Waals surface area contributed by atoms with Crippen LogP contribution in [-0.4, -0.2) is 42.5 Å². The number of ether oxygens (including phenoxy) is 2. The maximum atomic E-state index is 13.0. The molecule has 0 saturated heterocycles. The lowest BCUT2D eigenvalue weighted by Gasteiger charge is -2.10. The van der Waals surface area contributed by atoms with E-state index in [0.717, 1.165) is 17.7 Å². The Kier molecular flexibility index (Phi) is 8.63. The molecule has 12 heteroatoms. The van der Waals surface area contributed by atoms with Crippen LogP contribution in [0.15, 0.2) is 53.4 Å². The summed E-state index contributed by atoms with van der Waals surface area (Å²) in [6, 6.07) is 4.65. The van der Waals surface area contributed by atoms with Crippen molar-refractivity contribution in [3.63, 3.8) is 0 Å². The summed E-state index contributed by atoms with van der Waals surface area (Å²) in [5.41, 5.74) is 1.19. The Bertz CT molecular complexity index is 1050.